The molecule has 0 aromatic carbocycles. The minimum atomic E-state index is -1.45. The average molecular weight is 383 g/mol. The van der Waals surface area contributed by atoms with Crippen molar-refractivity contribution >= 4 is 69.6 Å². The van der Waals surface area contributed by atoms with Crippen LogP contribution in [-0.2, 0) is 0 Å². The van der Waals surface area contributed by atoms with Crippen LogP contribution in [0, 0.1) is 23.7 Å². The molecule has 0 spiro atoms. The van der Waals surface area contributed by atoms with Gasteiger partial charge in [-0.3, -0.25) is 0 Å². The van der Waals surface area contributed by atoms with Gasteiger partial charge in [0.05, 0.1) is 16.2 Å². The van der Waals surface area contributed by atoms with Crippen molar-refractivity contribution in [2.75, 3.05) is 0 Å². The quantitative estimate of drug-likeness (QED) is 0.484. The molecule has 4 bridgehead atoms. The lowest BCUT2D eigenvalue weighted by Gasteiger charge is -2.41. The highest BCUT2D eigenvalue weighted by Gasteiger charge is 2.86. The van der Waals surface area contributed by atoms with Gasteiger partial charge < -0.3 is 5.11 Å². The Bertz CT molecular complexity index is 518. The van der Waals surface area contributed by atoms with E-state index >= 15 is 0 Å². The number of allylic oxidation sites excluding steroid dienone is 2. The highest BCUT2D eigenvalue weighted by atomic mass is 35.5. The number of aliphatic hydroxyl groups excluding tert-OH is 1. The first-order valence-electron chi connectivity index (χ1n) is 6.19. The van der Waals surface area contributed by atoms with E-state index in [4.69, 9.17) is 69.6 Å². The van der Waals surface area contributed by atoms with E-state index in [0.29, 0.717) is 6.42 Å². The summed E-state index contributed by atoms with van der Waals surface area (Å²) in [6, 6.07) is 0. The minimum absolute atomic E-state index is 0.0231. The molecule has 3 fully saturated rings. The van der Waals surface area contributed by atoms with Crippen LogP contribution in [0.2, 0.25) is 0 Å². The summed E-state index contributed by atoms with van der Waals surface area (Å²) in [5, 5.41) is 10.7. The molecule has 0 unspecified atom stereocenters. The summed E-state index contributed by atoms with van der Waals surface area (Å²) >= 11 is 39.2. The van der Waals surface area contributed by atoms with Crippen LogP contribution in [0.3, 0.4) is 0 Å². The maximum absolute atomic E-state index is 10.1. The molecule has 106 valence electrons. The second-order valence-electron chi connectivity index (χ2n) is 6.14. The van der Waals surface area contributed by atoms with Gasteiger partial charge in [-0.2, -0.15) is 0 Å². The van der Waals surface area contributed by atoms with Gasteiger partial charge >= 0.3 is 0 Å². The molecule has 0 radical (unpaired) electrons. The first-order valence-corrected chi connectivity index (χ1v) is 8.45. The number of fused-ring (bicyclic) bond motifs is 9. The molecule has 4 rings (SSSR count). The summed E-state index contributed by atoms with van der Waals surface area (Å²) in [7, 11) is 0. The number of rotatable bonds is 0. The normalized spacial score (nSPS) is 61.1. The molecule has 0 aliphatic heterocycles. The molecule has 0 amide bonds. The Morgan fingerprint density at radius 1 is 0.895 bits per heavy atom. The van der Waals surface area contributed by atoms with Gasteiger partial charge in [-0.05, 0) is 36.5 Å². The molecule has 1 nitrogen and oxygen atoms in total. The molecule has 7 heteroatoms. The van der Waals surface area contributed by atoms with Crippen molar-refractivity contribution in [1.29, 1.82) is 0 Å². The van der Waals surface area contributed by atoms with Crippen molar-refractivity contribution in [2.45, 2.75) is 33.0 Å². The lowest BCUT2D eigenvalue weighted by atomic mass is 9.71. The Hall–Kier alpha value is 1.44. The summed E-state index contributed by atoms with van der Waals surface area (Å²) in [6.45, 7) is 0. The number of alkyl halides is 4. The van der Waals surface area contributed by atoms with E-state index in [1.54, 1.807) is 0 Å². The molecule has 7 atom stereocenters. The van der Waals surface area contributed by atoms with Crippen LogP contribution in [0.15, 0.2) is 10.1 Å². The van der Waals surface area contributed by atoms with Gasteiger partial charge in [0.25, 0.3) is 0 Å². The Balaban J connectivity index is 1.99. The van der Waals surface area contributed by atoms with Crippen molar-refractivity contribution in [3.05, 3.63) is 10.1 Å². The summed E-state index contributed by atoms with van der Waals surface area (Å²) in [4.78, 5) is -2.33. The van der Waals surface area contributed by atoms with Crippen LogP contribution in [0.5, 0.6) is 0 Å². The third-order valence-electron chi connectivity index (χ3n) is 5.63. The molecule has 3 saturated carbocycles. The molecule has 0 heterocycles. The molecule has 4 aliphatic rings. The van der Waals surface area contributed by atoms with Crippen LogP contribution in [0.4, 0.5) is 0 Å². The van der Waals surface area contributed by atoms with Crippen LogP contribution in [0.25, 0.3) is 0 Å². The van der Waals surface area contributed by atoms with Gasteiger partial charge in [-0.1, -0.05) is 46.4 Å². The maximum atomic E-state index is 10.1. The molecular weight excluding hydrogens is 373 g/mol. The lowest BCUT2D eigenvalue weighted by Crippen LogP contribution is -2.46. The third kappa shape index (κ3) is 1.16. The van der Waals surface area contributed by atoms with Gasteiger partial charge in [0.1, 0.15) is 9.75 Å². The van der Waals surface area contributed by atoms with Crippen molar-refractivity contribution in [3.63, 3.8) is 0 Å². The van der Waals surface area contributed by atoms with Crippen LogP contribution in [0.1, 0.15) is 12.8 Å². The number of hydrogen-bond acceptors (Lipinski definition) is 1. The van der Waals surface area contributed by atoms with Crippen molar-refractivity contribution in [3.8, 4) is 0 Å². The fourth-order valence-corrected chi connectivity index (χ4v) is 8.16. The van der Waals surface area contributed by atoms with Crippen molar-refractivity contribution in [2.24, 2.45) is 23.7 Å². The zero-order valence-electron chi connectivity index (χ0n) is 9.52. The topological polar surface area (TPSA) is 20.2 Å². The number of aliphatic hydroxyl groups is 1. The second kappa shape index (κ2) is 3.67. The van der Waals surface area contributed by atoms with Crippen molar-refractivity contribution in [1.82, 2.24) is 0 Å². The van der Waals surface area contributed by atoms with Crippen LogP contribution >= 0.6 is 69.6 Å². The molecular formula is C12H10Cl6O. The highest BCUT2D eigenvalue weighted by molar-refractivity contribution is 6.65. The lowest BCUT2D eigenvalue weighted by molar-refractivity contribution is 0.0530. The van der Waals surface area contributed by atoms with Gasteiger partial charge in [-0.15, -0.1) is 23.2 Å². The molecule has 0 aromatic heterocycles. The fourth-order valence-electron chi connectivity index (χ4n) is 5.01. The number of halogens is 6. The smallest absolute Gasteiger partial charge is 0.166 e. The standard InChI is InChI=1S/C12H10Cl6O/c13-8-9(14)11(16)7-4-1-3(2-5(4)19)6(7)10(8,15)12(11,17)18/h3-7,19H,1-2H2/t3-,4+,5+,6-,7+,10-,11+/m1/s1. The predicted octanol–water partition coefficient (Wildman–Crippen LogP) is 4.47. The van der Waals surface area contributed by atoms with E-state index in [-0.39, 0.29) is 39.8 Å². The summed E-state index contributed by atoms with van der Waals surface area (Å²) in [6.07, 6.45) is 1.21. The monoisotopic (exact) mass is 380 g/mol. The van der Waals surface area contributed by atoms with E-state index in [2.05, 4.69) is 0 Å². The van der Waals surface area contributed by atoms with E-state index in [1.165, 1.54) is 0 Å². The second-order valence-corrected chi connectivity index (χ2v) is 9.42. The molecule has 4 aliphatic carbocycles. The average Bonchev–Trinajstić information content (AvgIpc) is 2.95. The van der Waals surface area contributed by atoms with E-state index < -0.39 is 14.1 Å². The third-order valence-corrected chi connectivity index (χ3v) is 9.93. The fraction of sp³-hybridized carbons (Fsp3) is 0.833. The first kappa shape index (κ1) is 14.1. The Kier molecular flexibility index (Phi) is 2.72. The van der Waals surface area contributed by atoms with E-state index in [9.17, 15) is 5.11 Å². The number of hydrogen-bond donors (Lipinski definition) is 1. The largest absolute Gasteiger partial charge is 0.393 e. The zero-order chi connectivity index (χ0) is 14.0. The zero-order valence-corrected chi connectivity index (χ0v) is 14.1. The SMILES string of the molecule is O[C@H]1C[C@H]2C[C@@H]1[C@H]1[C@@H]2[C@@]2(Cl)C(Cl)=C(Cl)[C@]1(Cl)C2(Cl)Cl. The molecule has 0 aromatic rings. The van der Waals surface area contributed by atoms with Gasteiger partial charge in [0.2, 0.25) is 0 Å². The van der Waals surface area contributed by atoms with E-state index in [1.807, 2.05) is 0 Å². The molecule has 1 N–H and O–H groups in total. The Morgan fingerprint density at radius 3 is 2.00 bits per heavy atom. The van der Waals surface area contributed by atoms with Gasteiger partial charge in [0, 0.05) is 0 Å². The van der Waals surface area contributed by atoms with Crippen LogP contribution < -0.4 is 0 Å². The minimum Gasteiger partial charge on any atom is -0.393 e. The molecule has 0 saturated heterocycles. The van der Waals surface area contributed by atoms with Crippen molar-refractivity contribution < 1.29 is 5.11 Å². The maximum Gasteiger partial charge on any atom is 0.166 e. The summed E-state index contributed by atoms with van der Waals surface area (Å²) < 4.78 is -1.45. The summed E-state index contributed by atoms with van der Waals surface area (Å²) in [5.74, 6) is 0.150. The predicted molar refractivity (Wildman–Crippen MR) is 79.5 cm³/mol. The highest BCUT2D eigenvalue weighted by Crippen LogP contribution is 2.82. The van der Waals surface area contributed by atoms with Gasteiger partial charge in [0.15, 0.2) is 4.33 Å². The van der Waals surface area contributed by atoms with Gasteiger partial charge in [-0.25, -0.2) is 0 Å². The summed E-state index contributed by atoms with van der Waals surface area (Å²) in [5.41, 5.74) is 0. The first-order chi connectivity index (χ1) is 8.69. The molecule has 19 heavy (non-hydrogen) atoms. The van der Waals surface area contributed by atoms with E-state index in [0.717, 1.165) is 6.42 Å². The Labute approximate surface area is 141 Å². The Morgan fingerprint density at radius 2 is 1.42 bits per heavy atom. The van der Waals surface area contributed by atoms with Crippen LogP contribution in [-0.4, -0.2) is 25.3 Å².